The first-order valence-corrected chi connectivity index (χ1v) is 18.1. The van der Waals surface area contributed by atoms with Gasteiger partial charge in [-0.25, -0.2) is 9.59 Å². The SMILES string of the molecule is C=C(C)C(=O)OCCC[Si](C)(C)O[SiH](C)O[Si](C)(C)CCCOC(=O)C(=C)C. The average Bonchev–Trinajstić information content (AvgIpc) is 2.53. The summed E-state index contributed by atoms with van der Waals surface area (Å²) in [5, 5.41) is 0. The van der Waals surface area contributed by atoms with Crippen LogP contribution in [0.25, 0.3) is 0 Å². The number of esters is 2. The highest BCUT2D eigenvalue weighted by Crippen LogP contribution is 2.20. The molecule has 0 heterocycles. The molecule has 0 aliphatic rings. The molecule has 0 aromatic heterocycles. The Hall–Kier alpha value is -1.01. The maximum atomic E-state index is 11.4. The van der Waals surface area contributed by atoms with Crippen LogP contribution in [0, 0.1) is 0 Å². The van der Waals surface area contributed by atoms with Gasteiger partial charge in [-0.15, -0.1) is 0 Å². The summed E-state index contributed by atoms with van der Waals surface area (Å²) in [6, 6.07) is 1.83. The van der Waals surface area contributed by atoms with Crippen LogP contribution in [0.3, 0.4) is 0 Å². The van der Waals surface area contributed by atoms with Crippen molar-refractivity contribution in [1.82, 2.24) is 0 Å². The maximum Gasteiger partial charge on any atom is 0.333 e. The van der Waals surface area contributed by atoms with Crippen molar-refractivity contribution >= 4 is 37.9 Å². The van der Waals surface area contributed by atoms with E-state index in [9.17, 15) is 9.59 Å². The molecule has 28 heavy (non-hydrogen) atoms. The van der Waals surface area contributed by atoms with Gasteiger partial charge in [0.05, 0.1) is 13.2 Å². The van der Waals surface area contributed by atoms with Crippen LogP contribution in [0.4, 0.5) is 0 Å². The van der Waals surface area contributed by atoms with Gasteiger partial charge in [-0.2, -0.15) is 0 Å². The smallest absolute Gasteiger partial charge is 0.333 e. The molecule has 0 amide bonds. The Morgan fingerprint density at radius 3 is 1.39 bits per heavy atom. The van der Waals surface area contributed by atoms with Gasteiger partial charge in [0.25, 0.3) is 9.28 Å². The molecule has 0 saturated carbocycles. The van der Waals surface area contributed by atoms with E-state index in [-0.39, 0.29) is 11.9 Å². The highest BCUT2D eigenvalue weighted by atomic mass is 28.4. The van der Waals surface area contributed by atoms with Crippen LogP contribution in [-0.2, 0) is 27.3 Å². The summed E-state index contributed by atoms with van der Waals surface area (Å²) in [4.78, 5) is 22.8. The fourth-order valence-electron chi connectivity index (χ4n) is 2.61. The molecule has 0 aliphatic carbocycles. The summed E-state index contributed by atoms with van der Waals surface area (Å²) >= 11 is 0. The van der Waals surface area contributed by atoms with Gasteiger partial charge in [0.2, 0.25) is 0 Å². The molecule has 0 aromatic carbocycles. The Kier molecular flexibility index (Phi) is 12.1. The molecule has 6 nitrogen and oxygen atoms in total. The molecule has 0 saturated heterocycles. The van der Waals surface area contributed by atoms with E-state index in [2.05, 4.69) is 45.9 Å². The van der Waals surface area contributed by atoms with E-state index in [1.807, 2.05) is 0 Å². The fourth-order valence-corrected chi connectivity index (χ4v) is 13.4. The lowest BCUT2D eigenvalue weighted by atomic mass is 10.4. The molecule has 0 rings (SSSR count). The maximum absolute atomic E-state index is 11.4. The van der Waals surface area contributed by atoms with Crippen LogP contribution < -0.4 is 0 Å². The molecule has 0 atom stereocenters. The monoisotopic (exact) mass is 446 g/mol. The van der Waals surface area contributed by atoms with Gasteiger partial charge < -0.3 is 17.7 Å². The van der Waals surface area contributed by atoms with Crippen molar-refractivity contribution in [3.05, 3.63) is 24.3 Å². The van der Waals surface area contributed by atoms with E-state index < -0.39 is 25.9 Å². The van der Waals surface area contributed by atoms with Gasteiger partial charge in [0, 0.05) is 11.1 Å². The first-order chi connectivity index (χ1) is 12.8. The van der Waals surface area contributed by atoms with E-state index in [4.69, 9.17) is 17.7 Å². The first-order valence-electron chi connectivity index (χ1n) is 9.77. The molecule has 9 heteroatoms. The van der Waals surface area contributed by atoms with Crippen LogP contribution in [0.1, 0.15) is 26.7 Å². The normalized spacial score (nSPS) is 12.0. The third kappa shape index (κ3) is 13.2. The van der Waals surface area contributed by atoms with Gasteiger partial charge in [0.1, 0.15) is 0 Å². The van der Waals surface area contributed by atoms with Crippen LogP contribution in [0.2, 0.25) is 44.8 Å². The molecular formula is C19H38O6Si3. The molecule has 0 fully saturated rings. The molecule has 0 spiro atoms. The zero-order chi connectivity index (χ0) is 22.0. The summed E-state index contributed by atoms with van der Waals surface area (Å²) in [6.07, 6.45) is 1.57. The van der Waals surface area contributed by atoms with Crippen molar-refractivity contribution in [3.8, 4) is 0 Å². The van der Waals surface area contributed by atoms with Gasteiger partial charge in [-0.3, -0.25) is 0 Å². The van der Waals surface area contributed by atoms with Gasteiger partial charge in [-0.1, -0.05) is 13.2 Å². The lowest BCUT2D eigenvalue weighted by Crippen LogP contribution is -2.44. The predicted octanol–water partition coefficient (Wildman–Crippen LogP) is 4.30. The van der Waals surface area contributed by atoms with E-state index in [0.717, 1.165) is 24.9 Å². The topological polar surface area (TPSA) is 71.1 Å². The van der Waals surface area contributed by atoms with E-state index in [0.29, 0.717) is 24.4 Å². The van der Waals surface area contributed by atoms with Crippen LogP contribution in [0.15, 0.2) is 24.3 Å². The Balaban J connectivity index is 4.20. The van der Waals surface area contributed by atoms with Crippen LogP contribution in [-0.4, -0.2) is 51.1 Å². The summed E-state index contributed by atoms with van der Waals surface area (Å²) in [6.45, 7) is 22.0. The number of carbonyl (C=O) groups excluding carboxylic acids is 2. The highest BCUT2D eigenvalue weighted by molar-refractivity contribution is 6.81. The summed E-state index contributed by atoms with van der Waals surface area (Å²) in [5.41, 5.74) is 0.840. The number of hydrogen-bond acceptors (Lipinski definition) is 6. The largest absolute Gasteiger partial charge is 0.462 e. The Morgan fingerprint density at radius 1 is 0.786 bits per heavy atom. The molecule has 0 bridgehead atoms. The summed E-state index contributed by atoms with van der Waals surface area (Å²) < 4.78 is 23.0. The van der Waals surface area contributed by atoms with E-state index in [1.165, 1.54) is 0 Å². The van der Waals surface area contributed by atoms with Crippen molar-refractivity contribution in [2.75, 3.05) is 13.2 Å². The van der Waals surface area contributed by atoms with Crippen molar-refractivity contribution in [2.24, 2.45) is 0 Å². The Morgan fingerprint density at radius 2 is 1.11 bits per heavy atom. The average molecular weight is 447 g/mol. The molecule has 0 unspecified atom stereocenters. The standard InChI is InChI=1S/C19H38O6Si3/c1-16(2)18(20)22-12-10-14-27(6,7)24-26(5)25-28(8,9)15-11-13-23-19(21)17(3)4/h26H,1,3,10-15H2,2,4-9H3. The second-order valence-electron chi connectivity index (χ2n) is 8.36. The number of carbonyl (C=O) groups is 2. The van der Waals surface area contributed by atoms with Gasteiger partial charge in [0.15, 0.2) is 16.6 Å². The molecule has 0 radical (unpaired) electrons. The predicted molar refractivity (Wildman–Crippen MR) is 121 cm³/mol. The zero-order valence-electron chi connectivity index (χ0n) is 18.7. The minimum Gasteiger partial charge on any atom is -0.462 e. The van der Waals surface area contributed by atoms with Crippen molar-refractivity contribution < 1.29 is 27.3 Å². The third-order valence-electron chi connectivity index (χ3n) is 3.98. The number of ether oxygens (including phenoxy) is 2. The second-order valence-corrected chi connectivity index (χ2v) is 19.4. The molecule has 162 valence electrons. The van der Waals surface area contributed by atoms with Gasteiger partial charge >= 0.3 is 11.9 Å². The minimum atomic E-state index is -1.86. The van der Waals surface area contributed by atoms with Gasteiger partial charge in [-0.05, 0) is 71.5 Å². The lowest BCUT2D eigenvalue weighted by Gasteiger charge is -2.32. The third-order valence-corrected chi connectivity index (χ3v) is 14.9. The first kappa shape index (κ1) is 27.0. The van der Waals surface area contributed by atoms with Crippen molar-refractivity contribution in [3.63, 3.8) is 0 Å². The summed E-state index contributed by atoms with van der Waals surface area (Å²) in [7, 11) is -5.48. The fraction of sp³-hybridized carbons (Fsp3) is 0.684. The van der Waals surface area contributed by atoms with E-state index in [1.54, 1.807) is 13.8 Å². The molecular weight excluding hydrogens is 408 g/mol. The number of hydrogen-bond donors (Lipinski definition) is 0. The van der Waals surface area contributed by atoms with Crippen molar-refractivity contribution in [1.29, 1.82) is 0 Å². The van der Waals surface area contributed by atoms with Crippen molar-refractivity contribution in [2.45, 2.75) is 71.5 Å². The number of rotatable bonds is 14. The Bertz CT molecular complexity index is 512. The molecule has 0 aliphatic heterocycles. The molecule has 0 N–H and O–H groups in total. The van der Waals surface area contributed by atoms with Crippen LogP contribution >= 0.6 is 0 Å². The minimum absolute atomic E-state index is 0.340. The quantitative estimate of drug-likeness (QED) is 0.171. The van der Waals surface area contributed by atoms with E-state index >= 15 is 0 Å². The Labute approximate surface area is 174 Å². The lowest BCUT2D eigenvalue weighted by molar-refractivity contribution is -0.139. The zero-order valence-corrected chi connectivity index (χ0v) is 21.8. The van der Waals surface area contributed by atoms with Crippen LogP contribution in [0.5, 0.6) is 0 Å². The second kappa shape index (κ2) is 12.5. The highest BCUT2D eigenvalue weighted by Gasteiger charge is 2.31. The molecule has 0 aromatic rings. The summed E-state index contributed by atoms with van der Waals surface area (Å²) in [5.74, 6) is -0.679.